The van der Waals surface area contributed by atoms with E-state index < -0.39 is 47.0 Å². The number of esters is 2. The summed E-state index contributed by atoms with van der Waals surface area (Å²) in [4.78, 5) is 36.9. The molecule has 12 nitrogen and oxygen atoms in total. The maximum Gasteiger partial charge on any atom is 0.340 e. The van der Waals surface area contributed by atoms with Gasteiger partial charge in [-0.05, 0) is 228 Å². The van der Waals surface area contributed by atoms with Gasteiger partial charge in [0.2, 0.25) is 0 Å². The van der Waals surface area contributed by atoms with E-state index in [0.29, 0.717) is 102 Å². The number of benzene rings is 5. The standard InChI is InChI=1S/C39H43F2NO5.C33H40FNO5/c1-8-44-38(43)37(47-39(5,6)7)34-25(4)42-24(3)33(35(34)31-22-32(41)36-30(23(31)2)10-9-20-46-36)27-13-17-29(18-14-27)45-21-19-26-11-15-28(40)16-12-26;1-9-37-23-15-13-22(14-16-23)27-20(4)35-21(5)28(31(32(36)38-10-2)40-33(6,7)8)29(27)25-18-26(34)30-24(19(25)3)12-11-17-39-30/h11-18,22,37H,8-10,19-21H2,1-7H3;13-16,18,31H,9-12,17H2,1-8H3/t37-;31-/m00/s1. The molecule has 0 N–H and O–H groups in total. The lowest BCUT2D eigenvalue weighted by Crippen LogP contribution is -2.30. The minimum Gasteiger partial charge on any atom is -0.494 e. The van der Waals surface area contributed by atoms with E-state index in [0.717, 1.165) is 80.1 Å². The molecule has 0 unspecified atom stereocenters. The van der Waals surface area contributed by atoms with Crippen molar-refractivity contribution < 1.29 is 60.7 Å². The summed E-state index contributed by atoms with van der Waals surface area (Å²) >= 11 is 0. The Bertz CT molecular complexity index is 3610. The zero-order valence-corrected chi connectivity index (χ0v) is 53.1. The molecule has 0 aliphatic carbocycles. The van der Waals surface area contributed by atoms with Crippen LogP contribution in [0.5, 0.6) is 23.0 Å². The monoisotopic (exact) mass is 1190 g/mol. The third-order valence-corrected chi connectivity index (χ3v) is 15.3. The maximum atomic E-state index is 15.8. The number of pyridine rings is 2. The van der Waals surface area contributed by atoms with Crippen molar-refractivity contribution >= 4 is 11.9 Å². The van der Waals surface area contributed by atoms with Gasteiger partial charge >= 0.3 is 11.9 Å². The van der Waals surface area contributed by atoms with Gasteiger partial charge < -0.3 is 37.9 Å². The van der Waals surface area contributed by atoms with Crippen molar-refractivity contribution in [3.05, 3.63) is 164 Å². The van der Waals surface area contributed by atoms with Crippen LogP contribution >= 0.6 is 0 Å². The van der Waals surface area contributed by atoms with Gasteiger partial charge in [-0.15, -0.1) is 0 Å². The number of carbonyl (C=O) groups is 2. The van der Waals surface area contributed by atoms with Gasteiger partial charge in [-0.25, -0.2) is 22.8 Å². The molecule has 0 bridgehead atoms. The number of hydrogen-bond acceptors (Lipinski definition) is 12. The second-order valence-electron chi connectivity index (χ2n) is 23.9. The molecule has 0 fully saturated rings. The number of aryl methyl sites for hydroxylation is 4. The van der Waals surface area contributed by atoms with Crippen LogP contribution in [0.4, 0.5) is 13.2 Å². The summed E-state index contributed by atoms with van der Waals surface area (Å²) in [6, 6.07) is 24.8. The van der Waals surface area contributed by atoms with Crippen LogP contribution in [-0.4, -0.2) is 72.7 Å². The molecule has 0 saturated carbocycles. The lowest BCUT2D eigenvalue weighted by Gasteiger charge is -2.31. The van der Waals surface area contributed by atoms with Crippen LogP contribution in [-0.2, 0) is 47.8 Å². The minimum absolute atomic E-state index is 0.176. The SMILES string of the molecule is CCOC(=O)[C@@H](OC(C)(C)C)c1c(C)nc(C)c(-c2ccc(OCC)cc2)c1-c1cc(F)c2c(c1C)CCCO2.CCOC(=O)[C@@H](OC(C)(C)C)c1c(C)nc(C)c(-c2ccc(OCCc3ccc(F)cc3)cc2)c1-c1cc(F)c2c(c1C)CCCO2. The highest BCUT2D eigenvalue weighted by Gasteiger charge is 2.38. The van der Waals surface area contributed by atoms with Crippen LogP contribution in [0.25, 0.3) is 44.5 Å². The molecule has 15 heteroatoms. The summed E-state index contributed by atoms with van der Waals surface area (Å²) in [5, 5.41) is 0. The van der Waals surface area contributed by atoms with Crippen molar-refractivity contribution in [2.75, 3.05) is 39.6 Å². The molecule has 0 spiro atoms. The third kappa shape index (κ3) is 15.2. The predicted octanol–water partition coefficient (Wildman–Crippen LogP) is 16.6. The first-order valence-electron chi connectivity index (χ1n) is 30.2. The normalized spacial score (nSPS) is 13.6. The van der Waals surface area contributed by atoms with Gasteiger partial charge in [0.15, 0.2) is 35.3 Å². The number of fused-ring (bicyclic) bond motifs is 2. The predicted molar refractivity (Wildman–Crippen MR) is 333 cm³/mol. The Morgan fingerprint density at radius 3 is 1.31 bits per heavy atom. The van der Waals surface area contributed by atoms with E-state index in [4.69, 9.17) is 47.9 Å². The van der Waals surface area contributed by atoms with E-state index in [9.17, 15) is 14.0 Å². The van der Waals surface area contributed by atoms with Gasteiger partial charge in [0.05, 0.1) is 50.8 Å². The maximum absolute atomic E-state index is 15.8. The van der Waals surface area contributed by atoms with Crippen molar-refractivity contribution in [3.63, 3.8) is 0 Å². The molecule has 9 rings (SSSR count). The number of rotatable bonds is 18. The summed E-state index contributed by atoms with van der Waals surface area (Å²) in [6.45, 7) is 30.6. The first-order valence-corrected chi connectivity index (χ1v) is 30.2. The van der Waals surface area contributed by atoms with Crippen molar-refractivity contribution in [1.82, 2.24) is 9.97 Å². The molecule has 4 heterocycles. The Hall–Kier alpha value is -7.75. The van der Waals surface area contributed by atoms with E-state index in [2.05, 4.69) is 0 Å². The van der Waals surface area contributed by atoms with E-state index >= 15 is 8.78 Å². The highest BCUT2D eigenvalue weighted by atomic mass is 19.1. The Morgan fingerprint density at radius 2 is 0.931 bits per heavy atom. The quantitative estimate of drug-likeness (QED) is 0.0757. The van der Waals surface area contributed by atoms with E-state index in [1.165, 1.54) is 24.3 Å². The zero-order valence-electron chi connectivity index (χ0n) is 53.1. The average molecular weight is 1190 g/mol. The second kappa shape index (κ2) is 28.0. The average Bonchev–Trinajstić information content (AvgIpc) is 0.846. The molecule has 0 amide bonds. The highest BCUT2D eigenvalue weighted by Crippen LogP contribution is 2.49. The van der Waals surface area contributed by atoms with Gasteiger partial charge in [0.1, 0.15) is 17.3 Å². The molecule has 2 atom stereocenters. The lowest BCUT2D eigenvalue weighted by molar-refractivity contribution is -0.167. The van der Waals surface area contributed by atoms with E-state index in [-0.39, 0.29) is 24.8 Å². The first kappa shape index (κ1) is 65.2. The molecule has 0 saturated heterocycles. The topological polar surface area (TPSA) is 134 Å². The molecule has 5 aromatic carbocycles. The van der Waals surface area contributed by atoms with Crippen molar-refractivity contribution in [2.24, 2.45) is 0 Å². The summed E-state index contributed by atoms with van der Waals surface area (Å²) < 4.78 is 91.8. The Labute approximate surface area is 511 Å². The third-order valence-electron chi connectivity index (χ3n) is 15.3. The summed E-state index contributed by atoms with van der Waals surface area (Å²) in [7, 11) is 0. The fraction of sp³-hybridized carbons (Fsp3) is 0.417. The first-order chi connectivity index (χ1) is 41.3. The summed E-state index contributed by atoms with van der Waals surface area (Å²) in [5.41, 5.74) is 12.8. The van der Waals surface area contributed by atoms with Crippen molar-refractivity contribution in [3.8, 4) is 67.5 Å². The molecule has 7 aromatic rings. The fourth-order valence-corrected chi connectivity index (χ4v) is 11.6. The largest absolute Gasteiger partial charge is 0.494 e. The Morgan fingerprint density at radius 1 is 0.529 bits per heavy atom. The van der Waals surface area contributed by atoms with Crippen LogP contribution in [0.1, 0.15) is 149 Å². The van der Waals surface area contributed by atoms with Gasteiger partial charge in [-0.3, -0.25) is 9.97 Å². The Kier molecular flexibility index (Phi) is 21.0. The van der Waals surface area contributed by atoms with E-state index in [1.54, 1.807) is 26.0 Å². The summed E-state index contributed by atoms with van der Waals surface area (Å²) in [5.74, 6) is -0.159. The second-order valence-corrected chi connectivity index (χ2v) is 23.9. The lowest BCUT2D eigenvalue weighted by atomic mass is 9.83. The number of halogens is 3. The van der Waals surface area contributed by atoms with Gasteiger partial charge in [0, 0.05) is 62.6 Å². The van der Waals surface area contributed by atoms with Crippen LogP contribution in [0.15, 0.2) is 84.9 Å². The van der Waals surface area contributed by atoms with Gasteiger partial charge in [-0.1, -0.05) is 36.4 Å². The van der Waals surface area contributed by atoms with Gasteiger partial charge in [-0.2, -0.15) is 0 Å². The Balaban J connectivity index is 0.000000229. The number of hydrogen-bond donors (Lipinski definition) is 0. The minimum atomic E-state index is -1.11. The fourth-order valence-electron chi connectivity index (χ4n) is 11.6. The smallest absolute Gasteiger partial charge is 0.340 e. The summed E-state index contributed by atoms with van der Waals surface area (Å²) in [6.07, 6.45) is 1.44. The highest BCUT2D eigenvalue weighted by molar-refractivity contribution is 5.94. The number of carbonyl (C=O) groups excluding carboxylic acids is 2. The van der Waals surface area contributed by atoms with Crippen molar-refractivity contribution in [1.29, 1.82) is 0 Å². The zero-order chi connectivity index (χ0) is 63.1. The number of nitrogens with zero attached hydrogens (tertiary/aromatic N) is 2. The molecule has 2 aliphatic heterocycles. The number of ether oxygens (including phenoxy) is 8. The van der Waals surface area contributed by atoms with Crippen molar-refractivity contribution in [2.45, 2.75) is 159 Å². The van der Waals surface area contributed by atoms with Crippen LogP contribution < -0.4 is 18.9 Å². The van der Waals surface area contributed by atoms with E-state index in [1.807, 2.05) is 139 Å². The molecular formula is C72H83F3N2O10. The molecular weight excluding hydrogens is 1110 g/mol. The van der Waals surface area contributed by atoms with Crippen LogP contribution in [0, 0.1) is 59.0 Å². The number of aromatic nitrogens is 2. The molecule has 2 aromatic heterocycles. The van der Waals surface area contributed by atoms with Crippen LogP contribution in [0.2, 0.25) is 0 Å². The molecule has 87 heavy (non-hydrogen) atoms. The molecule has 2 aliphatic rings. The van der Waals surface area contributed by atoms with Gasteiger partial charge in [0.25, 0.3) is 0 Å². The van der Waals surface area contributed by atoms with Crippen LogP contribution in [0.3, 0.4) is 0 Å². The molecule has 462 valence electrons. The molecule has 0 radical (unpaired) electrons.